The zero-order valence-corrected chi connectivity index (χ0v) is 42.5. The number of carbonyl (C=O) groups excluding carboxylic acids is 5. The molecule has 1 saturated carbocycles. The van der Waals surface area contributed by atoms with Crippen LogP contribution in [-0.4, -0.2) is 119 Å². The van der Waals surface area contributed by atoms with Crippen molar-refractivity contribution < 1.29 is 43.3 Å². The normalized spacial score (nSPS) is 20.5. The van der Waals surface area contributed by atoms with Crippen LogP contribution < -0.4 is 20.7 Å². The number of likely N-dealkylation sites (tertiary alicyclic amines) is 1. The molecule has 0 spiro atoms. The summed E-state index contributed by atoms with van der Waals surface area (Å²) in [6, 6.07) is 17.8. The van der Waals surface area contributed by atoms with Gasteiger partial charge < -0.3 is 45.1 Å². The highest BCUT2D eigenvalue weighted by Crippen LogP contribution is 2.55. The molecule has 70 heavy (non-hydrogen) atoms. The van der Waals surface area contributed by atoms with E-state index in [1.54, 1.807) is 58.1 Å². The second-order valence-electron chi connectivity index (χ2n) is 20.5. The maximum absolute atomic E-state index is 14.0. The van der Waals surface area contributed by atoms with Crippen LogP contribution in [0.15, 0.2) is 66.2 Å². The van der Waals surface area contributed by atoms with Gasteiger partial charge in [0, 0.05) is 66.7 Å². The number of aromatic nitrogens is 1. The van der Waals surface area contributed by atoms with Crippen LogP contribution in [0.2, 0.25) is 5.02 Å². The number of halogens is 1. The fourth-order valence-corrected chi connectivity index (χ4v) is 11.1. The summed E-state index contributed by atoms with van der Waals surface area (Å²) in [6.45, 7) is 16.4. The molecule has 1 aromatic heterocycles. The molecule has 3 aliphatic rings. The van der Waals surface area contributed by atoms with Crippen molar-refractivity contribution >= 4 is 52.5 Å². The third-order valence-electron chi connectivity index (χ3n) is 13.5. The number of aryl methyl sites for hydroxylation is 1. The Labute approximate surface area is 418 Å². The van der Waals surface area contributed by atoms with Crippen LogP contribution in [0, 0.1) is 34.5 Å². The number of nitrogens with zero attached hydrogens (tertiary/aromatic N) is 4. The van der Waals surface area contributed by atoms with Crippen molar-refractivity contribution in [2.24, 2.45) is 16.2 Å². The summed E-state index contributed by atoms with van der Waals surface area (Å²) in [7, 11) is 0. The zero-order valence-electron chi connectivity index (χ0n) is 40.9. The van der Waals surface area contributed by atoms with Crippen molar-refractivity contribution in [1.82, 2.24) is 30.7 Å². The summed E-state index contributed by atoms with van der Waals surface area (Å²) >= 11 is 7.81. The minimum Gasteiger partial charge on any atom is -0.489 e. The van der Waals surface area contributed by atoms with E-state index in [9.17, 15) is 34.3 Å². The number of rotatable bonds is 18. The number of nitriles is 1. The molecule has 18 heteroatoms. The van der Waals surface area contributed by atoms with Gasteiger partial charge in [-0.2, -0.15) is 5.26 Å². The first kappa shape index (κ1) is 51.9. The standard InChI is InChI=1S/C52H62ClN7O9S/c1-30-42(70-29-56-30)32-11-9-31(10-12-32)25-55-45(64)40-22-36(61)27-60(40)47(66)43(50(2,3)4)57-41(62)28-68-20-19-67-18-17-59-26-35-21-33(14-16-38(35)46(59)65)44(63)58-48-51(5,6)49(52(48,7)8)69-37-15-13-34(24-54)39(53)23-37/h9-16,21,23,29,36,40,43,48-49,61H,17-20,22,25-28H2,1-8H3,(H,55,64)(H,57,62)(H,58,63)/t36-,40+,43-,48?,49?/m1/s1. The molecule has 0 unspecified atom stereocenters. The molecule has 2 fully saturated rings. The van der Waals surface area contributed by atoms with E-state index in [4.69, 9.17) is 25.8 Å². The van der Waals surface area contributed by atoms with Gasteiger partial charge in [0.05, 0.1) is 52.6 Å². The topological polar surface area (TPSA) is 213 Å². The SMILES string of the molecule is Cc1ncsc1-c1ccc(CNC(=O)[C@@H]2C[C@@H](O)CN2C(=O)[C@@H](NC(=O)COCCOCCN2Cc3cc(C(=O)NC4C(C)(C)C(Oc5ccc(C#N)c(Cl)c5)C4(C)C)ccc3C2=O)C(C)(C)C)cc1. The summed E-state index contributed by atoms with van der Waals surface area (Å²) in [4.78, 5) is 75.8. The van der Waals surface area contributed by atoms with E-state index < -0.39 is 52.2 Å². The Kier molecular flexibility index (Phi) is 15.7. The minimum atomic E-state index is -1.01. The largest absolute Gasteiger partial charge is 0.489 e. The number of hydrogen-bond donors (Lipinski definition) is 4. The van der Waals surface area contributed by atoms with E-state index in [0.717, 1.165) is 27.3 Å². The average Bonchev–Trinajstić information content (AvgIpc) is 4.02. The van der Waals surface area contributed by atoms with Gasteiger partial charge in [0.1, 0.15) is 36.6 Å². The molecular weight excluding hydrogens is 934 g/mol. The maximum Gasteiger partial charge on any atom is 0.254 e. The van der Waals surface area contributed by atoms with Gasteiger partial charge in [-0.1, -0.05) is 84.3 Å². The van der Waals surface area contributed by atoms with Crippen LogP contribution >= 0.6 is 22.9 Å². The summed E-state index contributed by atoms with van der Waals surface area (Å²) in [5, 5.41) is 29.0. The Bertz CT molecular complexity index is 2640. The number of thiazole rings is 1. The monoisotopic (exact) mass is 995 g/mol. The summed E-state index contributed by atoms with van der Waals surface area (Å²) < 4.78 is 17.7. The third-order valence-corrected chi connectivity index (χ3v) is 14.8. The van der Waals surface area contributed by atoms with Gasteiger partial charge in [0.2, 0.25) is 17.7 Å². The predicted molar refractivity (Wildman–Crippen MR) is 264 cm³/mol. The van der Waals surface area contributed by atoms with Crippen molar-refractivity contribution in [2.45, 2.75) is 105 Å². The second kappa shape index (κ2) is 21.2. The molecule has 5 amide bonds. The molecule has 3 heterocycles. The fraction of sp³-hybridized carbons (Fsp3) is 0.481. The predicted octanol–water partition coefficient (Wildman–Crippen LogP) is 6.05. The fourth-order valence-electron chi connectivity index (χ4n) is 10.1. The quantitative estimate of drug-likeness (QED) is 0.0843. The molecule has 2 aliphatic heterocycles. The highest BCUT2D eigenvalue weighted by atomic mass is 35.5. The Hall–Kier alpha value is -5.90. The van der Waals surface area contributed by atoms with E-state index in [2.05, 4.69) is 27.0 Å². The van der Waals surface area contributed by atoms with Crippen LogP contribution in [0.5, 0.6) is 5.75 Å². The number of amides is 5. The Morgan fingerprint density at radius 1 is 1.00 bits per heavy atom. The number of ether oxygens (including phenoxy) is 3. The first-order valence-corrected chi connectivity index (χ1v) is 24.7. The van der Waals surface area contributed by atoms with Crippen molar-refractivity contribution in [3.63, 3.8) is 0 Å². The molecular formula is C52H62ClN7O9S. The maximum atomic E-state index is 14.0. The number of aliphatic hydroxyl groups excluding tert-OH is 1. The summed E-state index contributed by atoms with van der Waals surface area (Å²) in [6.07, 6.45) is -1.08. The second-order valence-corrected chi connectivity index (χ2v) is 21.8. The van der Waals surface area contributed by atoms with Crippen molar-refractivity contribution in [2.75, 3.05) is 39.5 Å². The highest BCUT2D eigenvalue weighted by Gasteiger charge is 2.64. The first-order valence-electron chi connectivity index (χ1n) is 23.4. The van der Waals surface area contributed by atoms with Crippen LogP contribution in [0.3, 0.4) is 0 Å². The molecule has 1 saturated heterocycles. The number of aliphatic hydroxyl groups is 1. The van der Waals surface area contributed by atoms with E-state index in [1.165, 1.54) is 4.90 Å². The van der Waals surface area contributed by atoms with Gasteiger partial charge >= 0.3 is 0 Å². The molecule has 372 valence electrons. The van der Waals surface area contributed by atoms with Crippen molar-refractivity contribution in [1.29, 1.82) is 5.26 Å². The third kappa shape index (κ3) is 11.3. The zero-order chi connectivity index (χ0) is 50.7. The minimum absolute atomic E-state index is 0.0423. The van der Waals surface area contributed by atoms with Gasteiger partial charge in [-0.3, -0.25) is 24.0 Å². The average molecular weight is 997 g/mol. The lowest BCUT2D eigenvalue weighted by molar-refractivity contribution is -0.164. The lowest BCUT2D eigenvalue weighted by Crippen LogP contribution is -2.74. The first-order chi connectivity index (χ1) is 33.1. The Balaban J connectivity index is 0.821. The van der Waals surface area contributed by atoms with E-state index in [0.29, 0.717) is 40.6 Å². The van der Waals surface area contributed by atoms with Gasteiger partial charge in [0.25, 0.3) is 11.8 Å². The van der Waals surface area contributed by atoms with Gasteiger partial charge in [-0.05, 0) is 59.4 Å². The molecule has 3 atom stereocenters. The number of hydrogen-bond acceptors (Lipinski definition) is 12. The Morgan fingerprint density at radius 3 is 2.37 bits per heavy atom. The molecule has 4 N–H and O–H groups in total. The molecule has 4 aromatic rings. The lowest BCUT2D eigenvalue weighted by Gasteiger charge is -2.63. The van der Waals surface area contributed by atoms with E-state index in [1.807, 2.05) is 79.7 Å². The molecule has 1 aliphatic carbocycles. The number of carbonyl (C=O) groups is 5. The number of fused-ring (bicyclic) bond motifs is 1. The number of β-amino-alcohol motifs (C(OH)–C–C–N with tert-alkyl or cyclic N) is 1. The van der Waals surface area contributed by atoms with Gasteiger partial charge in [-0.15, -0.1) is 11.3 Å². The number of benzene rings is 3. The van der Waals surface area contributed by atoms with Crippen molar-refractivity contribution in [3.8, 4) is 22.3 Å². The molecule has 16 nitrogen and oxygen atoms in total. The van der Waals surface area contributed by atoms with Crippen molar-refractivity contribution in [3.05, 3.63) is 105 Å². The van der Waals surface area contributed by atoms with Crippen LogP contribution in [0.1, 0.15) is 98.0 Å². The molecule has 7 rings (SSSR count). The van der Waals surface area contributed by atoms with Crippen LogP contribution in [0.4, 0.5) is 0 Å². The van der Waals surface area contributed by atoms with Crippen LogP contribution in [-0.2, 0) is 36.9 Å². The highest BCUT2D eigenvalue weighted by molar-refractivity contribution is 7.13. The smallest absolute Gasteiger partial charge is 0.254 e. The van der Waals surface area contributed by atoms with E-state index in [-0.39, 0.29) is 69.9 Å². The molecule has 0 bridgehead atoms. The lowest BCUT2D eigenvalue weighted by atomic mass is 9.49. The van der Waals surface area contributed by atoms with Gasteiger partial charge in [0.15, 0.2) is 0 Å². The number of nitrogens with one attached hydrogen (secondary N) is 3. The van der Waals surface area contributed by atoms with Crippen LogP contribution in [0.25, 0.3) is 10.4 Å². The summed E-state index contributed by atoms with van der Waals surface area (Å²) in [5.74, 6) is -1.26. The van der Waals surface area contributed by atoms with E-state index >= 15 is 0 Å². The van der Waals surface area contributed by atoms with Gasteiger partial charge in [-0.25, -0.2) is 4.98 Å². The molecule has 3 aromatic carbocycles. The Morgan fingerprint density at radius 2 is 1.71 bits per heavy atom. The summed E-state index contributed by atoms with van der Waals surface area (Å²) in [5.41, 5.74) is 5.12. The molecule has 0 radical (unpaired) electrons.